The molecule has 19 heavy (non-hydrogen) atoms. The van der Waals surface area contributed by atoms with E-state index in [0.29, 0.717) is 6.04 Å². The van der Waals surface area contributed by atoms with Crippen molar-refractivity contribution in [1.29, 1.82) is 0 Å². The van der Waals surface area contributed by atoms with Crippen molar-refractivity contribution in [2.75, 3.05) is 17.6 Å². The fraction of sp³-hybridized carbons (Fsp3) is 0.800. The van der Waals surface area contributed by atoms with Crippen LogP contribution in [-0.4, -0.2) is 16.3 Å². The fourth-order valence-electron chi connectivity index (χ4n) is 3.96. The Balaban J connectivity index is 1.69. The second-order valence-corrected chi connectivity index (χ2v) is 6.70. The predicted molar refractivity (Wildman–Crippen MR) is 79.2 cm³/mol. The SMILES string of the molecule is Cc1nn(C(C)C)c(NCC2CC3CCC2C3)c1N. The Morgan fingerprint density at radius 3 is 2.74 bits per heavy atom. The minimum Gasteiger partial charge on any atom is -0.394 e. The van der Waals surface area contributed by atoms with Crippen LogP contribution >= 0.6 is 0 Å². The summed E-state index contributed by atoms with van der Waals surface area (Å²) >= 11 is 0. The lowest BCUT2D eigenvalue weighted by molar-refractivity contribution is 0.347. The Hall–Kier alpha value is -1.19. The Bertz CT molecular complexity index is 463. The minimum atomic E-state index is 0.346. The van der Waals surface area contributed by atoms with Gasteiger partial charge in [-0.05, 0) is 57.8 Å². The van der Waals surface area contributed by atoms with Gasteiger partial charge in [-0.15, -0.1) is 0 Å². The van der Waals surface area contributed by atoms with E-state index in [1.807, 2.05) is 11.6 Å². The molecule has 4 heteroatoms. The van der Waals surface area contributed by atoms with Crippen molar-refractivity contribution in [2.24, 2.45) is 17.8 Å². The normalized spacial score (nSPS) is 29.4. The van der Waals surface area contributed by atoms with Crippen LogP contribution in [0.2, 0.25) is 0 Å². The van der Waals surface area contributed by atoms with Crippen molar-refractivity contribution >= 4 is 11.5 Å². The van der Waals surface area contributed by atoms with Crippen molar-refractivity contribution in [1.82, 2.24) is 9.78 Å². The highest BCUT2D eigenvalue weighted by molar-refractivity contribution is 5.64. The van der Waals surface area contributed by atoms with Crippen LogP contribution in [0.3, 0.4) is 0 Å². The van der Waals surface area contributed by atoms with E-state index in [-0.39, 0.29) is 0 Å². The topological polar surface area (TPSA) is 55.9 Å². The zero-order valence-corrected chi connectivity index (χ0v) is 12.3. The Morgan fingerprint density at radius 2 is 2.16 bits per heavy atom. The molecule has 3 N–H and O–H groups in total. The van der Waals surface area contributed by atoms with E-state index in [9.17, 15) is 0 Å². The zero-order chi connectivity index (χ0) is 13.6. The number of aryl methyl sites for hydroxylation is 1. The van der Waals surface area contributed by atoms with Gasteiger partial charge in [0.05, 0.1) is 11.4 Å². The summed E-state index contributed by atoms with van der Waals surface area (Å²) in [5, 5.41) is 8.12. The molecule has 1 heterocycles. The predicted octanol–water partition coefficient (Wildman–Crippen LogP) is 3.20. The van der Waals surface area contributed by atoms with Gasteiger partial charge in [0, 0.05) is 12.6 Å². The highest BCUT2D eigenvalue weighted by Gasteiger charge is 2.39. The number of fused-ring (bicyclic) bond motifs is 2. The maximum absolute atomic E-state index is 6.16. The van der Waals surface area contributed by atoms with Gasteiger partial charge < -0.3 is 11.1 Å². The summed E-state index contributed by atoms with van der Waals surface area (Å²) in [5.41, 5.74) is 7.91. The molecule has 2 saturated carbocycles. The Morgan fingerprint density at radius 1 is 1.37 bits per heavy atom. The molecule has 1 aromatic rings. The highest BCUT2D eigenvalue weighted by Crippen LogP contribution is 2.48. The van der Waals surface area contributed by atoms with Crippen LogP contribution in [0.15, 0.2) is 0 Å². The molecular weight excluding hydrogens is 236 g/mol. The van der Waals surface area contributed by atoms with Gasteiger partial charge in [0.15, 0.2) is 0 Å². The molecule has 0 saturated heterocycles. The van der Waals surface area contributed by atoms with Crippen LogP contribution in [0, 0.1) is 24.7 Å². The van der Waals surface area contributed by atoms with Crippen molar-refractivity contribution in [2.45, 2.75) is 52.5 Å². The average molecular weight is 262 g/mol. The van der Waals surface area contributed by atoms with Crippen LogP contribution in [0.1, 0.15) is 51.3 Å². The Labute approximate surface area is 115 Å². The van der Waals surface area contributed by atoms with E-state index in [2.05, 4.69) is 24.3 Å². The lowest BCUT2D eigenvalue weighted by Gasteiger charge is -2.23. The first-order valence-electron chi connectivity index (χ1n) is 7.64. The third-order valence-corrected chi connectivity index (χ3v) is 5.04. The number of rotatable bonds is 4. The summed E-state index contributed by atoms with van der Waals surface area (Å²) in [4.78, 5) is 0. The van der Waals surface area contributed by atoms with E-state index < -0.39 is 0 Å². The van der Waals surface area contributed by atoms with E-state index in [1.54, 1.807) is 0 Å². The number of anilines is 2. The van der Waals surface area contributed by atoms with Gasteiger partial charge in [0.25, 0.3) is 0 Å². The number of nitrogens with one attached hydrogen (secondary N) is 1. The van der Waals surface area contributed by atoms with Gasteiger partial charge in [-0.25, -0.2) is 4.68 Å². The first-order chi connectivity index (χ1) is 9.06. The molecule has 2 aliphatic carbocycles. The van der Waals surface area contributed by atoms with Crippen molar-refractivity contribution in [3.05, 3.63) is 5.69 Å². The molecule has 3 unspecified atom stereocenters. The van der Waals surface area contributed by atoms with Crippen LogP contribution in [0.4, 0.5) is 11.5 Å². The van der Waals surface area contributed by atoms with Gasteiger partial charge >= 0.3 is 0 Å². The lowest BCUT2D eigenvalue weighted by Crippen LogP contribution is -2.22. The van der Waals surface area contributed by atoms with Crippen molar-refractivity contribution in [3.8, 4) is 0 Å². The summed E-state index contributed by atoms with van der Waals surface area (Å²) in [5.74, 6) is 3.82. The largest absolute Gasteiger partial charge is 0.394 e. The smallest absolute Gasteiger partial charge is 0.148 e. The number of aromatic nitrogens is 2. The highest BCUT2D eigenvalue weighted by atomic mass is 15.4. The van der Waals surface area contributed by atoms with Gasteiger partial charge in [-0.1, -0.05) is 6.42 Å². The van der Waals surface area contributed by atoms with E-state index in [4.69, 9.17) is 5.73 Å². The standard InChI is InChI=1S/C15H26N4/c1-9(2)19-15(14(16)10(3)18-19)17-8-13-7-11-4-5-12(13)6-11/h9,11-13,17H,4-8,16H2,1-3H3. The zero-order valence-electron chi connectivity index (χ0n) is 12.3. The molecule has 3 atom stereocenters. The second-order valence-electron chi connectivity index (χ2n) is 6.70. The summed E-state index contributed by atoms with van der Waals surface area (Å²) in [6.45, 7) is 7.34. The van der Waals surface area contributed by atoms with E-state index in [1.165, 1.54) is 25.7 Å². The molecule has 2 aliphatic rings. The molecule has 1 aromatic heterocycles. The molecule has 3 rings (SSSR count). The van der Waals surface area contributed by atoms with Crippen LogP contribution < -0.4 is 11.1 Å². The molecule has 0 aromatic carbocycles. The number of nitrogen functional groups attached to an aromatic ring is 1. The molecule has 106 valence electrons. The fourth-order valence-corrected chi connectivity index (χ4v) is 3.96. The van der Waals surface area contributed by atoms with E-state index in [0.717, 1.165) is 41.5 Å². The van der Waals surface area contributed by atoms with Gasteiger partial charge in [0.1, 0.15) is 5.82 Å². The minimum absolute atomic E-state index is 0.346. The van der Waals surface area contributed by atoms with E-state index >= 15 is 0 Å². The molecule has 4 nitrogen and oxygen atoms in total. The maximum atomic E-state index is 6.16. The summed E-state index contributed by atoms with van der Waals surface area (Å²) in [6.07, 6.45) is 5.78. The monoisotopic (exact) mass is 262 g/mol. The number of hydrogen-bond donors (Lipinski definition) is 2. The lowest BCUT2D eigenvalue weighted by atomic mass is 9.89. The molecule has 0 radical (unpaired) electrons. The molecular formula is C15H26N4. The van der Waals surface area contributed by atoms with Crippen LogP contribution in [0.5, 0.6) is 0 Å². The maximum Gasteiger partial charge on any atom is 0.148 e. The third kappa shape index (κ3) is 2.21. The number of hydrogen-bond acceptors (Lipinski definition) is 3. The van der Waals surface area contributed by atoms with Gasteiger partial charge in [-0.2, -0.15) is 5.10 Å². The molecule has 0 aliphatic heterocycles. The first kappa shape index (κ1) is 12.8. The number of nitrogens with zero attached hydrogens (tertiary/aromatic N) is 2. The summed E-state index contributed by atoms with van der Waals surface area (Å²) in [7, 11) is 0. The van der Waals surface area contributed by atoms with Gasteiger partial charge in [-0.3, -0.25) is 0 Å². The van der Waals surface area contributed by atoms with Crippen LogP contribution in [-0.2, 0) is 0 Å². The van der Waals surface area contributed by atoms with Crippen molar-refractivity contribution in [3.63, 3.8) is 0 Å². The average Bonchev–Trinajstić information content (AvgIpc) is 3.04. The first-order valence-corrected chi connectivity index (χ1v) is 7.64. The van der Waals surface area contributed by atoms with Crippen LogP contribution in [0.25, 0.3) is 0 Å². The summed E-state index contributed by atoms with van der Waals surface area (Å²) < 4.78 is 2.03. The molecule has 0 amide bonds. The molecule has 0 spiro atoms. The van der Waals surface area contributed by atoms with Crippen molar-refractivity contribution < 1.29 is 0 Å². The third-order valence-electron chi connectivity index (χ3n) is 5.04. The summed E-state index contributed by atoms with van der Waals surface area (Å²) in [6, 6.07) is 0.346. The Kier molecular flexibility index (Phi) is 3.19. The number of nitrogens with two attached hydrogens (primary N) is 1. The second kappa shape index (κ2) is 4.73. The quantitative estimate of drug-likeness (QED) is 0.876. The van der Waals surface area contributed by atoms with Gasteiger partial charge in [0.2, 0.25) is 0 Å². The molecule has 2 fully saturated rings. The molecule has 2 bridgehead atoms.